The van der Waals surface area contributed by atoms with Crippen molar-refractivity contribution in [1.82, 2.24) is 0 Å². The number of rotatable bonds is 1. The summed E-state index contributed by atoms with van der Waals surface area (Å²) in [5.74, 6) is 6.99. The van der Waals surface area contributed by atoms with Crippen molar-refractivity contribution in [3.8, 4) is 11.8 Å². The summed E-state index contributed by atoms with van der Waals surface area (Å²) in [6.07, 6.45) is 6.56. The highest BCUT2D eigenvalue weighted by Crippen LogP contribution is 2.30. The molecule has 0 heterocycles. The minimum atomic E-state index is 0.764. The van der Waals surface area contributed by atoms with Crippen LogP contribution < -0.4 is 0 Å². The molecule has 1 aliphatic rings. The maximum atomic E-state index is 3.67. The predicted octanol–water partition coefficient (Wildman–Crippen LogP) is 3.35. The molecule has 1 rings (SSSR count). The van der Waals surface area contributed by atoms with Crippen LogP contribution in [0.5, 0.6) is 0 Å². The molecule has 0 saturated heterocycles. The van der Waals surface area contributed by atoms with Crippen LogP contribution in [-0.4, -0.2) is 4.83 Å². The Bertz CT molecular complexity index is 163. The van der Waals surface area contributed by atoms with Crippen LogP contribution >= 0.6 is 15.9 Å². The summed E-state index contributed by atoms with van der Waals surface area (Å²) in [5, 5.41) is 0. The standard InChI is InChI=1S/C10H15Br/c1-2-3-5-9-6-4-7-10(11)8-9/h9-10H,4-8H2,1H3. The molecule has 2 atom stereocenters. The second-order valence-electron chi connectivity index (χ2n) is 3.26. The first-order valence-corrected chi connectivity index (χ1v) is 5.28. The molecule has 1 saturated carbocycles. The molecule has 11 heavy (non-hydrogen) atoms. The van der Waals surface area contributed by atoms with E-state index < -0.39 is 0 Å². The molecular weight excluding hydrogens is 200 g/mol. The molecule has 0 radical (unpaired) electrons. The van der Waals surface area contributed by atoms with E-state index in [0.717, 1.165) is 17.2 Å². The van der Waals surface area contributed by atoms with Crippen molar-refractivity contribution >= 4 is 15.9 Å². The van der Waals surface area contributed by atoms with Crippen molar-refractivity contribution in [1.29, 1.82) is 0 Å². The average Bonchev–Trinajstić information content (AvgIpc) is 2.01. The molecule has 0 aliphatic heterocycles. The smallest absolute Gasteiger partial charge is 0.0148 e. The van der Waals surface area contributed by atoms with Gasteiger partial charge in [-0.1, -0.05) is 22.4 Å². The molecule has 0 aromatic heterocycles. The topological polar surface area (TPSA) is 0 Å². The molecule has 62 valence electrons. The predicted molar refractivity (Wildman–Crippen MR) is 52.7 cm³/mol. The first kappa shape index (κ1) is 9.13. The highest BCUT2D eigenvalue weighted by molar-refractivity contribution is 9.09. The van der Waals surface area contributed by atoms with Gasteiger partial charge >= 0.3 is 0 Å². The fourth-order valence-corrected chi connectivity index (χ4v) is 2.51. The third kappa shape index (κ3) is 3.29. The minimum absolute atomic E-state index is 0.764. The van der Waals surface area contributed by atoms with Crippen LogP contribution in [0.25, 0.3) is 0 Å². The van der Waals surface area contributed by atoms with Crippen molar-refractivity contribution in [3.63, 3.8) is 0 Å². The van der Waals surface area contributed by atoms with E-state index in [0.29, 0.717) is 0 Å². The van der Waals surface area contributed by atoms with E-state index in [-0.39, 0.29) is 0 Å². The summed E-state index contributed by atoms with van der Waals surface area (Å²) in [6.45, 7) is 1.93. The third-order valence-corrected chi connectivity index (χ3v) is 3.12. The van der Waals surface area contributed by atoms with E-state index in [4.69, 9.17) is 0 Å². The molecule has 0 aromatic carbocycles. The monoisotopic (exact) mass is 214 g/mol. The Hall–Kier alpha value is 0.0400. The van der Waals surface area contributed by atoms with E-state index in [2.05, 4.69) is 27.8 Å². The number of alkyl halides is 1. The zero-order valence-electron chi connectivity index (χ0n) is 7.07. The van der Waals surface area contributed by atoms with Crippen molar-refractivity contribution < 1.29 is 0 Å². The summed E-state index contributed by atoms with van der Waals surface area (Å²) in [7, 11) is 0. The Kier molecular flexibility index (Phi) is 4.01. The van der Waals surface area contributed by atoms with Gasteiger partial charge in [0.05, 0.1) is 0 Å². The summed E-state index contributed by atoms with van der Waals surface area (Å²) in [5.41, 5.74) is 0. The van der Waals surface area contributed by atoms with Gasteiger partial charge in [0.1, 0.15) is 0 Å². The fraction of sp³-hybridized carbons (Fsp3) is 0.800. The summed E-state index contributed by atoms with van der Waals surface area (Å²) in [4.78, 5) is 0.764. The lowest BCUT2D eigenvalue weighted by molar-refractivity contribution is 0.376. The lowest BCUT2D eigenvalue weighted by Gasteiger charge is -2.23. The Balaban J connectivity index is 2.26. The quantitative estimate of drug-likeness (QED) is 0.464. The lowest BCUT2D eigenvalue weighted by Crippen LogP contribution is -2.14. The molecule has 0 amide bonds. The average molecular weight is 215 g/mol. The fourth-order valence-electron chi connectivity index (χ4n) is 1.66. The van der Waals surface area contributed by atoms with Gasteiger partial charge in [0.2, 0.25) is 0 Å². The van der Waals surface area contributed by atoms with E-state index in [1.807, 2.05) is 6.92 Å². The van der Waals surface area contributed by atoms with E-state index in [1.54, 1.807) is 0 Å². The Morgan fingerprint density at radius 3 is 2.91 bits per heavy atom. The molecule has 0 bridgehead atoms. The largest absolute Gasteiger partial charge is 0.107 e. The maximum absolute atomic E-state index is 3.67. The Morgan fingerprint density at radius 1 is 1.45 bits per heavy atom. The summed E-state index contributed by atoms with van der Waals surface area (Å²) >= 11 is 3.67. The zero-order valence-corrected chi connectivity index (χ0v) is 8.65. The van der Waals surface area contributed by atoms with Crippen LogP contribution in [-0.2, 0) is 0 Å². The molecule has 1 aliphatic carbocycles. The Labute approximate surface area is 77.9 Å². The van der Waals surface area contributed by atoms with Crippen molar-refractivity contribution in [3.05, 3.63) is 0 Å². The van der Waals surface area contributed by atoms with E-state index in [1.165, 1.54) is 25.7 Å². The number of halogens is 1. The molecule has 2 unspecified atom stereocenters. The van der Waals surface area contributed by atoms with Crippen LogP contribution in [0.4, 0.5) is 0 Å². The van der Waals surface area contributed by atoms with Crippen LogP contribution in [0.2, 0.25) is 0 Å². The van der Waals surface area contributed by atoms with Gasteiger partial charge < -0.3 is 0 Å². The highest BCUT2D eigenvalue weighted by Gasteiger charge is 2.18. The van der Waals surface area contributed by atoms with Crippen LogP contribution in [0.15, 0.2) is 0 Å². The SMILES string of the molecule is CC#CCC1CCCC(Br)C1. The van der Waals surface area contributed by atoms with Gasteiger partial charge in [0.25, 0.3) is 0 Å². The third-order valence-electron chi connectivity index (χ3n) is 2.29. The van der Waals surface area contributed by atoms with Crippen LogP contribution in [0.3, 0.4) is 0 Å². The van der Waals surface area contributed by atoms with E-state index >= 15 is 0 Å². The van der Waals surface area contributed by atoms with Gasteiger partial charge in [0, 0.05) is 11.2 Å². The second kappa shape index (κ2) is 4.83. The van der Waals surface area contributed by atoms with Crippen molar-refractivity contribution in [2.75, 3.05) is 0 Å². The summed E-state index contributed by atoms with van der Waals surface area (Å²) < 4.78 is 0. The minimum Gasteiger partial charge on any atom is -0.107 e. The first-order valence-electron chi connectivity index (χ1n) is 4.36. The van der Waals surface area contributed by atoms with Crippen LogP contribution in [0.1, 0.15) is 39.0 Å². The summed E-state index contributed by atoms with van der Waals surface area (Å²) in [6, 6.07) is 0. The molecule has 0 spiro atoms. The molecule has 0 nitrogen and oxygen atoms in total. The van der Waals surface area contributed by atoms with Crippen molar-refractivity contribution in [2.45, 2.75) is 43.9 Å². The molecule has 0 aromatic rings. The van der Waals surface area contributed by atoms with Gasteiger partial charge in [-0.2, -0.15) is 0 Å². The molecular formula is C10H15Br. The second-order valence-corrected chi connectivity index (χ2v) is 4.56. The van der Waals surface area contributed by atoms with Gasteiger partial charge in [-0.3, -0.25) is 0 Å². The first-order chi connectivity index (χ1) is 5.33. The number of hydrogen-bond acceptors (Lipinski definition) is 0. The van der Waals surface area contributed by atoms with Gasteiger partial charge in [-0.25, -0.2) is 0 Å². The van der Waals surface area contributed by atoms with E-state index in [9.17, 15) is 0 Å². The molecule has 0 N–H and O–H groups in total. The highest BCUT2D eigenvalue weighted by atomic mass is 79.9. The lowest BCUT2D eigenvalue weighted by atomic mass is 9.87. The number of hydrogen-bond donors (Lipinski definition) is 0. The normalized spacial score (nSPS) is 30.7. The van der Waals surface area contributed by atoms with Gasteiger partial charge in [-0.15, -0.1) is 11.8 Å². The maximum Gasteiger partial charge on any atom is 0.0148 e. The van der Waals surface area contributed by atoms with Gasteiger partial charge in [0.15, 0.2) is 0 Å². The zero-order chi connectivity index (χ0) is 8.10. The van der Waals surface area contributed by atoms with Crippen molar-refractivity contribution in [2.24, 2.45) is 5.92 Å². The Morgan fingerprint density at radius 2 is 2.27 bits per heavy atom. The van der Waals surface area contributed by atoms with Crippen LogP contribution in [0, 0.1) is 17.8 Å². The molecule has 1 fully saturated rings. The molecule has 1 heteroatoms. The van der Waals surface area contributed by atoms with Gasteiger partial charge in [-0.05, 0) is 32.1 Å².